The third-order valence-electron chi connectivity index (χ3n) is 2.99. The van der Waals surface area contributed by atoms with E-state index >= 15 is 0 Å². The van der Waals surface area contributed by atoms with Crippen molar-refractivity contribution in [2.24, 2.45) is 0 Å². The smallest absolute Gasteiger partial charge is 0.407 e. The summed E-state index contributed by atoms with van der Waals surface area (Å²) >= 11 is 0. The van der Waals surface area contributed by atoms with E-state index in [1.807, 2.05) is 6.07 Å². The molecule has 7 nitrogen and oxygen atoms in total. The molecule has 0 radical (unpaired) electrons. The zero-order valence-corrected chi connectivity index (χ0v) is 9.20. The first-order valence-electron chi connectivity index (χ1n) is 5.34. The normalized spacial score (nSPS) is 16.8. The molecule has 7 heteroatoms. The average molecular weight is 235 g/mol. The second-order valence-electron chi connectivity index (χ2n) is 4.02. The van der Waals surface area contributed by atoms with Gasteiger partial charge in [0.15, 0.2) is 5.82 Å². The van der Waals surface area contributed by atoms with Crippen LogP contribution in [0.3, 0.4) is 0 Å². The number of hydrogen-bond acceptors (Lipinski definition) is 4. The van der Waals surface area contributed by atoms with Gasteiger partial charge in [-0.3, -0.25) is 4.68 Å². The molecule has 2 rings (SSSR count). The molecule has 0 atom stereocenters. The Morgan fingerprint density at radius 3 is 2.71 bits per heavy atom. The Balaban J connectivity index is 2.06. The molecule has 2 heterocycles. The van der Waals surface area contributed by atoms with Crippen molar-refractivity contribution in [2.75, 3.05) is 18.8 Å². The summed E-state index contributed by atoms with van der Waals surface area (Å²) in [6, 6.07) is 2.09. The zero-order valence-electron chi connectivity index (χ0n) is 9.20. The highest BCUT2D eigenvalue weighted by atomic mass is 16.4. The number of nitrogen functional groups attached to an aromatic ring is 1. The predicted molar refractivity (Wildman–Crippen MR) is 59.2 cm³/mol. The lowest BCUT2D eigenvalue weighted by molar-refractivity contribution is 0.124. The topological polar surface area (TPSA) is 108 Å². The highest BCUT2D eigenvalue weighted by molar-refractivity contribution is 5.65. The van der Waals surface area contributed by atoms with E-state index in [0.717, 1.165) is 0 Å². The molecule has 0 spiro atoms. The molecular formula is C10H13N5O2. The minimum atomic E-state index is -0.888. The van der Waals surface area contributed by atoms with Crippen LogP contribution < -0.4 is 5.73 Å². The van der Waals surface area contributed by atoms with Crippen molar-refractivity contribution in [3.05, 3.63) is 11.8 Å². The van der Waals surface area contributed by atoms with Gasteiger partial charge in [-0.05, 0) is 12.8 Å². The van der Waals surface area contributed by atoms with E-state index in [9.17, 15) is 4.79 Å². The van der Waals surface area contributed by atoms with Gasteiger partial charge in [-0.15, -0.1) is 0 Å². The summed E-state index contributed by atoms with van der Waals surface area (Å²) in [4.78, 5) is 12.1. The van der Waals surface area contributed by atoms with Crippen LogP contribution in [-0.4, -0.2) is 39.0 Å². The van der Waals surface area contributed by atoms with Crippen molar-refractivity contribution in [2.45, 2.75) is 18.9 Å². The van der Waals surface area contributed by atoms with Gasteiger partial charge in [0.1, 0.15) is 11.6 Å². The zero-order chi connectivity index (χ0) is 12.4. The molecule has 1 fully saturated rings. The third-order valence-corrected chi connectivity index (χ3v) is 2.99. The van der Waals surface area contributed by atoms with E-state index in [0.29, 0.717) is 31.5 Å². The number of rotatable bonds is 1. The Morgan fingerprint density at radius 2 is 2.24 bits per heavy atom. The lowest BCUT2D eigenvalue weighted by Gasteiger charge is -2.29. The molecule has 90 valence electrons. The van der Waals surface area contributed by atoms with Crippen LogP contribution in [0.1, 0.15) is 24.4 Å². The van der Waals surface area contributed by atoms with Crippen molar-refractivity contribution in [1.82, 2.24) is 14.7 Å². The molecule has 1 aliphatic heterocycles. The number of nitrogens with two attached hydrogens (primary N) is 1. The van der Waals surface area contributed by atoms with Gasteiger partial charge in [0.05, 0.1) is 6.04 Å². The monoisotopic (exact) mass is 235 g/mol. The number of carboxylic acid groups (broad SMARTS) is 1. The SMILES string of the molecule is N#Cc1cn(C2CCN(C(=O)O)CC2)nc1N. The average Bonchev–Trinajstić information content (AvgIpc) is 2.70. The molecule has 0 bridgehead atoms. The second-order valence-corrected chi connectivity index (χ2v) is 4.02. The minimum Gasteiger partial charge on any atom is -0.465 e. The summed E-state index contributed by atoms with van der Waals surface area (Å²) in [7, 11) is 0. The molecule has 1 aromatic rings. The van der Waals surface area contributed by atoms with Crippen LogP contribution in [0.25, 0.3) is 0 Å². The van der Waals surface area contributed by atoms with E-state index in [1.54, 1.807) is 10.9 Å². The third kappa shape index (κ3) is 2.15. The molecule has 17 heavy (non-hydrogen) atoms. The van der Waals surface area contributed by atoms with Crippen LogP contribution in [0.2, 0.25) is 0 Å². The van der Waals surface area contributed by atoms with Crippen LogP contribution in [0, 0.1) is 11.3 Å². The summed E-state index contributed by atoms with van der Waals surface area (Å²) in [5.41, 5.74) is 5.94. The Bertz CT molecular complexity index is 468. The van der Waals surface area contributed by atoms with Crippen molar-refractivity contribution in [3.8, 4) is 6.07 Å². The highest BCUT2D eigenvalue weighted by Gasteiger charge is 2.24. The van der Waals surface area contributed by atoms with Crippen LogP contribution in [0.4, 0.5) is 10.6 Å². The first-order valence-corrected chi connectivity index (χ1v) is 5.34. The van der Waals surface area contributed by atoms with Gasteiger partial charge in [-0.2, -0.15) is 10.4 Å². The van der Waals surface area contributed by atoms with E-state index in [-0.39, 0.29) is 11.9 Å². The second kappa shape index (κ2) is 4.33. The van der Waals surface area contributed by atoms with Crippen molar-refractivity contribution >= 4 is 11.9 Å². The quantitative estimate of drug-likeness (QED) is 0.743. The Morgan fingerprint density at radius 1 is 1.59 bits per heavy atom. The van der Waals surface area contributed by atoms with Gasteiger partial charge in [0.25, 0.3) is 0 Å². The van der Waals surface area contributed by atoms with Gasteiger partial charge in [-0.25, -0.2) is 4.79 Å². The Labute approximate surface area is 98.0 Å². The molecule has 1 amide bonds. The molecule has 1 saturated heterocycles. The van der Waals surface area contributed by atoms with Crippen LogP contribution in [0.15, 0.2) is 6.20 Å². The first-order chi connectivity index (χ1) is 8.11. The van der Waals surface area contributed by atoms with E-state index in [2.05, 4.69) is 5.10 Å². The van der Waals surface area contributed by atoms with Crippen molar-refractivity contribution < 1.29 is 9.90 Å². The van der Waals surface area contributed by atoms with Crippen LogP contribution in [0.5, 0.6) is 0 Å². The van der Waals surface area contributed by atoms with Gasteiger partial charge >= 0.3 is 6.09 Å². The molecule has 0 unspecified atom stereocenters. The molecule has 0 aliphatic carbocycles. The van der Waals surface area contributed by atoms with Gasteiger partial charge in [0.2, 0.25) is 0 Å². The lowest BCUT2D eigenvalue weighted by Crippen LogP contribution is -2.38. The van der Waals surface area contributed by atoms with Gasteiger partial charge < -0.3 is 15.7 Å². The summed E-state index contributed by atoms with van der Waals surface area (Å²) in [6.45, 7) is 0.975. The Hall–Kier alpha value is -2.23. The van der Waals surface area contributed by atoms with Crippen molar-refractivity contribution in [3.63, 3.8) is 0 Å². The summed E-state index contributed by atoms with van der Waals surface area (Å²) in [5.74, 6) is 0.230. The van der Waals surface area contributed by atoms with Gasteiger partial charge in [-0.1, -0.05) is 0 Å². The summed E-state index contributed by atoms with van der Waals surface area (Å²) in [6.07, 6.45) is 2.12. The number of hydrogen-bond donors (Lipinski definition) is 2. The number of nitrogens with zero attached hydrogens (tertiary/aromatic N) is 4. The number of anilines is 1. The standard InChI is InChI=1S/C10H13N5O2/c11-5-7-6-15(13-9(7)12)8-1-3-14(4-2-8)10(16)17/h6,8H,1-4H2,(H2,12,13)(H,16,17). The van der Waals surface area contributed by atoms with Crippen LogP contribution >= 0.6 is 0 Å². The molecule has 1 aliphatic rings. The maximum atomic E-state index is 10.7. The van der Waals surface area contributed by atoms with E-state index < -0.39 is 6.09 Å². The molecule has 3 N–H and O–H groups in total. The minimum absolute atomic E-state index is 0.120. The molecule has 0 saturated carbocycles. The number of nitriles is 1. The molecule has 0 aromatic carbocycles. The molecule has 1 aromatic heterocycles. The molecular weight excluding hydrogens is 222 g/mol. The fourth-order valence-electron chi connectivity index (χ4n) is 2.00. The predicted octanol–water partition coefficient (Wildman–Crippen LogP) is 0.652. The number of piperidine rings is 1. The number of amides is 1. The van der Waals surface area contributed by atoms with Gasteiger partial charge in [0, 0.05) is 19.3 Å². The summed E-state index contributed by atoms with van der Waals surface area (Å²) in [5, 5.41) is 21.7. The fourth-order valence-corrected chi connectivity index (χ4v) is 2.00. The van der Waals surface area contributed by atoms with Crippen LogP contribution in [-0.2, 0) is 0 Å². The largest absolute Gasteiger partial charge is 0.465 e. The first kappa shape index (κ1) is 11.3. The number of aromatic nitrogens is 2. The lowest BCUT2D eigenvalue weighted by atomic mass is 10.1. The van der Waals surface area contributed by atoms with Crippen molar-refractivity contribution in [1.29, 1.82) is 5.26 Å². The highest BCUT2D eigenvalue weighted by Crippen LogP contribution is 2.23. The summed E-state index contributed by atoms with van der Waals surface area (Å²) < 4.78 is 1.67. The van der Waals surface area contributed by atoms with E-state index in [4.69, 9.17) is 16.1 Å². The fraction of sp³-hybridized carbons (Fsp3) is 0.500. The Kier molecular flexibility index (Phi) is 2.87. The maximum Gasteiger partial charge on any atom is 0.407 e. The number of likely N-dealkylation sites (tertiary alicyclic amines) is 1. The number of carbonyl (C=O) groups is 1. The van der Waals surface area contributed by atoms with E-state index in [1.165, 1.54) is 4.90 Å². The maximum absolute atomic E-state index is 10.7.